The zero-order valence-corrected chi connectivity index (χ0v) is 13.8. The quantitative estimate of drug-likeness (QED) is 0.780. The fourth-order valence-electron chi connectivity index (χ4n) is 2.80. The second-order valence-electron chi connectivity index (χ2n) is 5.69. The van der Waals surface area contributed by atoms with E-state index in [2.05, 4.69) is 16.4 Å². The summed E-state index contributed by atoms with van der Waals surface area (Å²) < 4.78 is 5.47. The first-order valence-corrected chi connectivity index (χ1v) is 7.93. The summed E-state index contributed by atoms with van der Waals surface area (Å²) >= 11 is 0. The lowest BCUT2D eigenvalue weighted by Crippen LogP contribution is -2.27. The maximum atomic E-state index is 12.5. The van der Waals surface area contributed by atoms with E-state index in [1.165, 1.54) is 0 Å². The molecule has 1 amide bonds. The molecule has 0 radical (unpaired) electrons. The largest absolute Gasteiger partial charge is 0.496 e. The fraction of sp³-hybridized carbons (Fsp3) is 0.200. The first kappa shape index (κ1) is 16.0. The summed E-state index contributed by atoms with van der Waals surface area (Å²) in [5.41, 5.74) is 1.89. The lowest BCUT2D eigenvalue weighted by molar-refractivity contribution is -0.122. The van der Waals surface area contributed by atoms with E-state index in [4.69, 9.17) is 4.74 Å². The molecule has 1 atom stereocenters. The average Bonchev–Trinajstić information content (AvgIpc) is 2.65. The number of hydrogen-bond donors (Lipinski definition) is 1. The zero-order valence-electron chi connectivity index (χ0n) is 13.8. The van der Waals surface area contributed by atoms with Crippen molar-refractivity contribution in [2.45, 2.75) is 19.4 Å². The molecule has 1 unspecified atom stereocenters. The number of carbonyl (C=O) groups is 1. The predicted molar refractivity (Wildman–Crippen MR) is 95.0 cm³/mol. The Balaban J connectivity index is 1.81. The number of amides is 1. The van der Waals surface area contributed by atoms with Gasteiger partial charge in [-0.05, 0) is 35.4 Å². The average molecular weight is 320 g/mol. The Kier molecular flexibility index (Phi) is 4.75. The summed E-state index contributed by atoms with van der Waals surface area (Å²) in [6.07, 6.45) is 3.43. The minimum absolute atomic E-state index is 0.0296. The van der Waals surface area contributed by atoms with Crippen molar-refractivity contribution in [2.75, 3.05) is 7.11 Å². The molecule has 2 aromatic carbocycles. The van der Waals surface area contributed by atoms with Gasteiger partial charge in [0.2, 0.25) is 5.91 Å². The lowest BCUT2D eigenvalue weighted by atomic mass is 10.0. The van der Waals surface area contributed by atoms with E-state index in [0.717, 1.165) is 27.6 Å². The summed E-state index contributed by atoms with van der Waals surface area (Å²) in [5, 5.41) is 5.23. The van der Waals surface area contributed by atoms with Crippen molar-refractivity contribution >= 4 is 16.7 Å². The number of nitrogens with one attached hydrogen (secondary N) is 1. The molecule has 0 aliphatic rings. The van der Waals surface area contributed by atoms with Gasteiger partial charge in [0.25, 0.3) is 0 Å². The fourth-order valence-corrected chi connectivity index (χ4v) is 2.80. The molecule has 24 heavy (non-hydrogen) atoms. The first-order valence-electron chi connectivity index (χ1n) is 7.93. The van der Waals surface area contributed by atoms with Crippen LogP contribution in [0.4, 0.5) is 0 Å². The number of pyridine rings is 1. The molecule has 1 heterocycles. The first-order chi connectivity index (χ1) is 11.7. The van der Waals surface area contributed by atoms with Gasteiger partial charge in [0.15, 0.2) is 0 Å². The molecular formula is C20H20N2O2. The van der Waals surface area contributed by atoms with Crippen LogP contribution in [0.3, 0.4) is 0 Å². The molecule has 1 N–H and O–H groups in total. The van der Waals surface area contributed by atoms with E-state index in [1.54, 1.807) is 19.5 Å². The second-order valence-corrected chi connectivity index (χ2v) is 5.69. The minimum atomic E-state index is -0.250. The van der Waals surface area contributed by atoms with E-state index < -0.39 is 0 Å². The minimum Gasteiger partial charge on any atom is -0.496 e. The van der Waals surface area contributed by atoms with Crippen LogP contribution in [0.1, 0.15) is 24.0 Å². The van der Waals surface area contributed by atoms with Gasteiger partial charge in [-0.15, -0.1) is 0 Å². The van der Waals surface area contributed by atoms with E-state index in [1.807, 2.05) is 49.4 Å². The van der Waals surface area contributed by atoms with Crippen LogP contribution in [-0.4, -0.2) is 18.0 Å². The number of ether oxygens (including phenoxy) is 1. The third-order valence-electron chi connectivity index (χ3n) is 4.23. The molecule has 122 valence electrons. The smallest absolute Gasteiger partial charge is 0.227 e. The molecule has 0 bridgehead atoms. The Morgan fingerprint density at radius 2 is 2.00 bits per heavy atom. The van der Waals surface area contributed by atoms with Crippen molar-refractivity contribution in [3.8, 4) is 5.75 Å². The maximum Gasteiger partial charge on any atom is 0.227 e. The van der Waals surface area contributed by atoms with Crippen LogP contribution in [0, 0.1) is 0 Å². The van der Waals surface area contributed by atoms with Crippen molar-refractivity contribution < 1.29 is 9.53 Å². The molecule has 1 aromatic heterocycles. The molecule has 0 aliphatic heterocycles. The molecule has 4 heteroatoms. The normalized spacial score (nSPS) is 11.9. The SMILES string of the molecule is COc1ccc2ccccc2c1CNC(=O)C(C)c1cccnc1. The molecule has 0 saturated heterocycles. The van der Waals surface area contributed by atoms with Crippen LogP contribution in [-0.2, 0) is 11.3 Å². The third kappa shape index (κ3) is 3.23. The van der Waals surface area contributed by atoms with Crippen molar-refractivity contribution in [1.29, 1.82) is 0 Å². The number of methoxy groups -OCH3 is 1. The topological polar surface area (TPSA) is 51.2 Å². The third-order valence-corrected chi connectivity index (χ3v) is 4.23. The Labute approximate surface area is 141 Å². The highest BCUT2D eigenvalue weighted by atomic mass is 16.5. The molecule has 4 nitrogen and oxygen atoms in total. The zero-order chi connectivity index (χ0) is 16.9. The van der Waals surface area contributed by atoms with Gasteiger partial charge in [-0.2, -0.15) is 0 Å². The van der Waals surface area contributed by atoms with Crippen LogP contribution in [0.25, 0.3) is 10.8 Å². The lowest BCUT2D eigenvalue weighted by Gasteiger charge is -2.15. The predicted octanol–water partition coefficient (Wildman–Crippen LogP) is 3.66. The van der Waals surface area contributed by atoms with E-state index in [9.17, 15) is 4.79 Å². The van der Waals surface area contributed by atoms with Crippen LogP contribution < -0.4 is 10.1 Å². The van der Waals surface area contributed by atoms with Gasteiger partial charge in [-0.3, -0.25) is 9.78 Å². The monoisotopic (exact) mass is 320 g/mol. The molecule has 3 rings (SSSR count). The van der Waals surface area contributed by atoms with Crippen molar-refractivity contribution in [2.24, 2.45) is 0 Å². The standard InChI is InChI=1S/C20H20N2O2/c1-14(16-7-5-11-21-12-16)20(23)22-13-18-17-8-4-3-6-15(17)9-10-19(18)24-2/h3-12,14H,13H2,1-2H3,(H,22,23). The molecule has 0 saturated carbocycles. The highest BCUT2D eigenvalue weighted by Gasteiger charge is 2.16. The van der Waals surface area contributed by atoms with Crippen LogP contribution in [0.15, 0.2) is 60.9 Å². The van der Waals surface area contributed by atoms with Gasteiger partial charge < -0.3 is 10.1 Å². The highest BCUT2D eigenvalue weighted by Crippen LogP contribution is 2.28. The maximum absolute atomic E-state index is 12.5. The summed E-state index contributed by atoms with van der Waals surface area (Å²) in [6.45, 7) is 2.31. The van der Waals surface area contributed by atoms with E-state index >= 15 is 0 Å². The van der Waals surface area contributed by atoms with Crippen LogP contribution >= 0.6 is 0 Å². The summed E-state index contributed by atoms with van der Waals surface area (Å²) in [5.74, 6) is 0.501. The number of fused-ring (bicyclic) bond motifs is 1. The van der Waals surface area contributed by atoms with Crippen LogP contribution in [0.5, 0.6) is 5.75 Å². The Morgan fingerprint density at radius 1 is 1.17 bits per heavy atom. The summed E-state index contributed by atoms with van der Waals surface area (Å²) in [4.78, 5) is 16.5. The highest BCUT2D eigenvalue weighted by molar-refractivity contribution is 5.89. The number of rotatable bonds is 5. The number of hydrogen-bond acceptors (Lipinski definition) is 3. The summed E-state index contributed by atoms with van der Waals surface area (Å²) in [7, 11) is 1.65. The van der Waals surface area contributed by atoms with Gasteiger partial charge in [-0.1, -0.05) is 36.4 Å². The number of benzene rings is 2. The van der Waals surface area contributed by atoms with Crippen molar-refractivity contribution in [3.05, 3.63) is 72.1 Å². The van der Waals surface area contributed by atoms with Gasteiger partial charge in [0.1, 0.15) is 5.75 Å². The molecule has 0 aliphatic carbocycles. The van der Waals surface area contributed by atoms with Crippen molar-refractivity contribution in [3.63, 3.8) is 0 Å². The Bertz CT molecular complexity index is 847. The number of nitrogens with zero attached hydrogens (tertiary/aromatic N) is 1. The Morgan fingerprint density at radius 3 is 2.75 bits per heavy atom. The van der Waals surface area contributed by atoms with E-state index in [0.29, 0.717) is 6.54 Å². The van der Waals surface area contributed by atoms with Crippen molar-refractivity contribution in [1.82, 2.24) is 10.3 Å². The summed E-state index contributed by atoms with van der Waals surface area (Å²) in [6, 6.07) is 15.8. The van der Waals surface area contributed by atoms with Gasteiger partial charge in [0, 0.05) is 24.5 Å². The molecule has 0 spiro atoms. The second kappa shape index (κ2) is 7.13. The van der Waals surface area contributed by atoms with Gasteiger partial charge in [-0.25, -0.2) is 0 Å². The number of carbonyl (C=O) groups excluding carboxylic acids is 1. The van der Waals surface area contributed by atoms with Crippen LogP contribution in [0.2, 0.25) is 0 Å². The molecule has 3 aromatic rings. The number of aromatic nitrogens is 1. The Hall–Kier alpha value is -2.88. The van der Waals surface area contributed by atoms with Gasteiger partial charge >= 0.3 is 0 Å². The molecule has 0 fully saturated rings. The van der Waals surface area contributed by atoms with E-state index in [-0.39, 0.29) is 11.8 Å². The molecular weight excluding hydrogens is 300 g/mol. The van der Waals surface area contributed by atoms with Gasteiger partial charge in [0.05, 0.1) is 13.0 Å².